The molecule has 0 spiro atoms. The molecule has 0 bridgehead atoms. The van der Waals surface area contributed by atoms with Crippen molar-refractivity contribution in [1.82, 2.24) is 19.0 Å². The van der Waals surface area contributed by atoms with Crippen LogP contribution in [0.2, 0.25) is 0 Å². The average molecular weight is 429 g/mol. The van der Waals surface area contributed by atoms with Crippen molar-refractivity contribution in [1.29, 1.82) is 0 Å². The molecule has 0 N–H and O–H groups in total. The predicted molar refractivity (Wildman–Crippen MR) is 113 cm³/mol. The number of sulfonamides is 1. The number of piperazine rings is 1. The molecule has 30 heavy (non-hydrogen) atoms. The third-order valence-electron chi connectivity index (χ3n) is 5.45. The van der Waals surface area contributed by atoms with Crippen molar-refractivity contribution in [3.8, 4) is 5.69 Å². The van der Waals surface area contributed by atoms with E-state index in [0.717, 1.165) is 11.3 Å². The van der Waals surface area contributed by atoms with E-state index in [0.29, 0.717) is 44.1 Å². The van der Waals surface area contributed by atoms with Gasteiger partial charge in [-0.05, 0) is 43.7 Å². The number of aryl methyl sites for hydroxylation is 1. The molecule has 0 aliphatic carbocycles. The Labute approximate surface area is 176 Å². The van der Waals surface area contributed by atoms with Crippen LogP contribution in [0.4, 0.5) is 4.39 Å². The van der Waals surface area contributed by atoms with E-state index < -0.39 is 10.0 Å². The molecule has 4 rings (SSSR count). The number of benzene rings is 2. The Morgan fingerprint density at radius 3 is 2.33 bits per heavy atom. The maximum Gasteiger partial charge on any atom is 0.246 e. The minimum atomic E-state index is -3.65. The third kappa shape index (κ3) is 4.03. The highest BCUT2D eigenvalue weighted by molar-refractivity contribution is 7.89. The molecule has 0 atom stereocenters. The summed E-state index contributed by atoms with van der Waals surface area (Å²) in [6.45, 7) is 6.12. The fraction of sp³-hybridized carbons (Fsp3) is 0.318. The normalized spacial score (nSPS) is 16.1. The Hall–Kier alpha value is -2.55. The van der Waals surface area contributed by atoms with E-state index in [4.69, 9.17) is 0 Å². The molecular weight excluding hydrogens is 403 g/mol. The van der Waals surface area contributed by atoms with Gasteiger partial charge in [0.05, 0.1) is 17.1 Å². The second-order valence-corrected chi connectivity index (χ2v) is 9.43. The maximum atomic E-state index is 13.4. The lowest BCUT2D eigenvalue weighted by atomic mass is 10.2. The summed E-state index contributed by atoms with van der Waals surface area (Å²) < 4.78 is 43.4. The molecule has 1 aliphatic heterocycles. The summed E-state index contributed by atoms with van der Waals surface area (Å²) in [6, 6.07) is 16.0. The van der Waals surface area contributed by atoms with Crippen LogP contribution in [0.3, 0.4) is 0 Å². The van der Waals surface area contributed by atoms with Crippen molar-refractivity contribution >= 4 is 10.0 Å². The Bertz CT molecular complexity index is 1140. The van der Waals surface area contributed by atoms with Gasteiger partial charge in [-0.25, -0.2) is 17.5 Å². The van der Waals surface area contributed by atoms with Crippen molar-refractivity contribution in [3.63, 3.8) is 0 Å². The number of aromatic nitrogens is 2. The first-order valence-corrected chi connectivity index (χ1v) is 11.4. The van der Waals surface area contributed by atoms with Crippen LogP contribution in [-0.4, -0.2) is 53.6 Å². The SMILES string of the molecule is Cc1nn(-c2ccccc2)c(C)c1S(=O)(=O)N1CCN(Cc2cccc(F)c2)CC1. The van der Waals surface area contributed by atoms with Crippen LogP contribution < -0.4 is 0 Å². The standard InChI is InChI=1S/C22H25FN4O2S/c1-17-22(18(2)27(24-17)21-9-4-3-5-10-21)30(28,29)26-13-11-25(12-14-26)16-19-7-6-8-20(23)15-19/h3-10,15H,11-14,16H2,1-2H3. The molecule has 3 aromatic rings. The van der Waals surface area contributed by atoms with E-state index in [-0.39, 0.29) is 10.7 Å². The van der Waals surface area contributed by atoms with Crippen LogP contribution in [0.25, 0.3) is 5.69 Å². The molecular formula is C22H25FN4O2S. The van der Waals surface area contributed by atoms with Gasteiger partial charge in [0.15, 0.2) is 0 Å². The molecule has 0 unspecified atom stereocenters. The second kappa shape index (κ2) is 8.29. The number of nitrogens with zero attached hydrogens (tertiary/aromatic N) is 4. The van der Waals surface area contributed by atoms with Crippen molar-refractivity contribution in [3.05, 3.63) is 77.4 Å². The van der Waals surface area contributed by atoms with Crippen molar-refractivity contribution in [2.24, 2.45) is 0 Å². The van der Waals surface area contributed by atoms with Gasteiger partial charge in [-0.3, -0.25) is 4.90 Å². The molecule has 1 saturated heterocycles. The first kappa shape index (κ1) is 20.7. The number of hydrogen-bond donors (Lipinski definition) is 0. The van der Waals surface area contributed by atoms with E-state index in [1.54, 1.807) is 24.6 Å². The number of rotatable bonds is 5. The monoisotopic (exact) mass is 428 g/mol. The number of para-hydroxylation sites is 1. The molecule has 2 heterocycles. The van der Waals surface area contributed by atoms with E-state index in [1.165, 1.54) is 16.4 Å². The van der Waals surface area contributed by atoms with Crippen LogP contribution in [0.5, 0.6) is 0 Å². The molecule has 2 aromatic carbocycles. The zero-order chi connectivity index (χ0) is 21.3. The summed E-state index contributed by atoms with van der Waals surface area (Å²) in [4.78, 5) is 2.43. The summed E-state index contributed by atoms with van der Waals surface area (Å²) in [7, 11) is -3.65. The van der Waals surface area contributed by atoms with Crippen LogP contribution in [-0.2, 0) is 16.6 Å². The number of hydrogen-bond acceptors (Lipinski definition) is 4. The second-order valence-electron chi connectivity index (χ2n) is 7.56. The molecule has 0 amide bonds. The highest BCUT2D eigenvalue weighted by Gasteiger charge is 2.33. The average Bonchev–Trinajstić information content (AvgIpc) is 3.04. The third-order valence-corrected chi connectivity index (χ3v) is 7.60. The summed E-state index contributed by atoms with van der Waals surface area (Å²) in [5, 5.41) is 4.49. The Morgan fingerprint density at radius 2 is 1.67 bits per heavy atom. The molecule has 1 aliphatic rings. The molecule has 1 fully saturated rings. The highest BCUT2D eigenvalue weighted by atomic mass is 32.2. The first-order chi connectivity index (χ1) is 14.4. The minimum Gasteiger partial charge on any atom is -0.296 e. The van der Waals surface area contributed by atoms with Gasteiger partial charge in [-0.15, -0.1) is 0 Å². The van der Waals surface area contributed by atoms with Gasteiger partial charge < -0.3 is 0 Å². The molecule has 0 saturated carbocycles. The molecule has 8 heteroatoms. The molecule has 158 valence electrons. The zero-order valence-corrected chi connectivity index (χ0v) is 17.9. The van der Waals surface area contributed by atoms with Crippen molar-refractivity contribution < 1.29 is 12.8 Å². The Kier molecular flexibility index (Phi) is 5.73. The quantitative estimate of drug-likeness (QED) is 0.627. The van der Waals surface area contributed by atoms with E-state index in [9.17, 15) is 12.8 Å². The molecule has 6 nitrogen and oxygen atoms in total. The van der Waals surface area contributed by atoms with Gasteiger partial charge in [0, 0.05) is 32.7 Å². The van der Waals surface area contributed by atoms with Gasteiger partial charge in [-0.2, -0.15) is 9.40 Å². The van der Waals surface area contributed by atoms with Gasteiger partial charge in [0.1, 0.15) is 10.7 Å². The van der Waals surface area contributed by atoms with Crippen LogP contribution >= 0.6 is 0 Å². The summed E-state index contributed by atoms with van der Waals surface area (Å²) in [6.07, 6.45) is 0. The lowest BCUT2D eigenvalue weighted by Gasteiger charge is -2.34. The Balaban J connectivity index is 1.51. The van der Waals surface area contributed by atoms with E-state index in [1.807, 2.05) is 36.4 Å². The largest absolute Gasteiger partial charge is 0.296 e. The smallest absolute Gasteiger partial charge is 0.246 e. The lowest BCUT2D eigenvalue weighted by Crippen LogP contribution is -2.48. The van der Waals surface area contributed by atoms with Crippen LogP contribution in [0.15, 0.2) is 59.5 Å². The van der Waals surface area contributed by atoms with Gasteiger partial charge >= 0.3 is 0 Å². The number of halogens is 1. The zero-order valence-electron chi connectivity index (χ0n) is 17.1. The molecule has 0 radical (unpaired) electrons. The van der Waals surface area contributed by atoms with Crippen molar-refractivity contribution in [2.45, 2.75) is 25.3 Å². The summed E-state index contributed by atoms with van der Waals surface area (Å²) in [5.41, 5.74) is 2.83. The van der Waals surface area contributed by atoms with Crippen LogP contribution in [0.1, 0.15) is 17.0 Å². The summed E-state index contributed by atoms with van der Waals surface area (Å²) >= 11 is 0. The topological polar surface area (TPSA) is 58.4 Å². The van der Waals surface area contributed by atoms with Gasteiger partial charge in [-0.1, -0.05) is 30.3 Å². The van der Waals surface area contributed by atoms with Gasteiger partial charge in [0.25, 0.3) is 0 Å². The predicted octanol–water partition coefficient (Wildman–Crippen LogP) is 3.13. The van der Waals surface area contributed by atoms with Gasteiger partial charge in [0.2, 0.25) is 10.0 Å². The van der Waals surface area contributed by atoms with Crippen LogP contribution in [0, 0.1) is 19.7 Å². The van der Waals surface area contributed by atoms with E-state index in [2.05, 4.69) is 10.00 Å². The lowest BCUT2D eigenvalue weighted by molar-refractivity contribution is 0.181. The maximum absolute atomic E-state index is 13.4. The fourth-order valence-electron chi connectivity index (χ4n) is 3.97. The first-order valence-electron chi connectivity index (χ1n) is 9.95. The van der Waals surface area contributed by atoms with E-state index >= 15 is 0 Å². The Morgan fingerprint density at radius 1 is 0.967 bits per heavy atom. The highest BCUT2D eigenvalue weighted by Crippen LogP contribution is 2.26. The van der Waals surface area contributed by atoms with Crippen molar-refractivity contribution in [2.75, 3.05) is 26.2 Å². The minimum absolute atomic E-state index is 0.255. The summed E-state index contributed by atoms with van der Waals surface area (Å²) in [5.74, 6) is -0.255. The fourth-order valence-corrected chi connectivity index (χ4v) is 5.75. The molecule has 1 aromatic heterocycles.